The predicted octanol–water partition coefficient (Wildman–Crippen LogP) is 3.44. The molecule has 1 aromatic carbocycles. The zero-order valence-electron chi connectivity index (χ0n) is 17.1. The molecule has 29 heavy (non-hydrogen) atoms. The fourth-order valence-corrected chi connectivity index (χ4v) is 4.28. The molecule has 0 saturated carbocycles. The molecular weight excluding hydrogens is 388 g/mol. The number of aryl methyl sites for hydroxylation is 1. The lowest BCUT2D eigenvalue weighted by atomic mass is 9.99. The summed E-state index contributed by atoms with van der Waals surface area (Å²) in [5.74, 6) is -0.647. The molecule has 1 fully saturated rings. The summed E-state index contributed by atoms with van der Waals surface area (Å²) >= 11 is 1.47. The van der Waals surface area contributed by atoms with E-state index in [1.54, 1.807) is 23.1 Å². The fourth-order valence-electron chi connectivity index (χ4n) is 3.43. The predicted molar refractivity (Wildman–Crippen MR) is 114 cm³/mol. The van der Waals surface area contributed by atoms with Gasteiger partial charge >= 0.3 is 0 Å². The Balaban J connectivity index is 2.08. The van der Waals surface area contributed by atoms with Crippen LogP contribution in [0.5, 0.6) is 5.75 Å². The Labute approximate surface area is 175 Å². The first-order valence-electron chi connectivity index (χ1n) is 9.55. The molecule has 0 radical (unpaired) electrons. The first-order valence-corrected chi connectivity index (χ1v) is 10.4. The van der Waals surface area contributed by atoms with E-state index in [0.29, 0.717) is 25.3 Å². The molecule has 1 aromatic heterocycles. The highest BCUT2D eigenvalue weighted by Gasteiger charge is 2.46. The zero-order valence-corrected chi connectivity index (χ0v) is 18.0. The summed E-state index contributed by atoms with van der Waals surface area (Å²) in [5, 5.41) is 13.0. The third-order valence-electron chi connectivity index (χ3n) is 4.89. The monoisotopic (exact) mass is 414 g/mol. The van der Waals surface area contributed by atoms with Crippen LogP contribution >= 0.6 is 11.3 Å². The van der Waals surface area contributed by atoms with Gasteiger partial charge in [0.2, 0.25) is 0 Å². The van der Waals surface area contributed by atoms with E-state index in [2.05, 4.69) is 0 Å². The van der Waals surface area contributed by atoms with Gasteiger partial charge in [-0.05, 0) is 63.2 Å². The number of carbonyl (C=O) groups excluding carboxylic acids is 2. The number of likely N-dealkylation sites (N-methyl/N-ethyl adjacent to an activating group) is 1. The average molecular weight is 415 g/mol. The molecule has 1 saturated heterocycles. The minimum atomic E-state index is -0.647. The van der Waals surface area contributed by atoms with Crippen molar-refractivity contribution >= 4 is 28.8 Å². The molecule has 1 atom stereocenters. The number of aliphatic hydroxyl groups excluding tert-OH is 1. The lowest BCUT2D eigenvalue weighted by Crippen LogP contribution is -2.35. The van der Waals surface area contributed by atoms with E-state index in [-0.39, 0.29) is 11.3 Å². The molecule has 1 amide bonds. The summed E-state index contributed by atoms with van der Waals surface area (Å²) < 4.78 is 5.56. The number of amides is 1. The Morgan fingerprint density at radius 1 is 1.28 bits per heavy atom. The van der Waals surface area contributed by atoms with Gasteiger partial charge in [0.1, 0.15) is 11.5 Å². The van der Waals surface area contributed by atoms with E-state index >= 15 is 0 Å². The second kappa shape index (κ2) is 8.80. The SMILES string of the molecule is CCOc1ccc(/C(O)=C2/C(=O)C(=O)N(CCN(C)C)C2c2cccs2)cc1C. The maximum absolute atomic E-state index is 12.9. The highest BCUT2D eigenvalue weighted by molar-refractivity contribution is 7.10. The summed E-state index contributed by atoms with van der Waals surface area (Å²) in [5.41, 5.74) is 1.49. The van der Waals surface area contributed by atoms with E-state index in [9.17, 15) is 14.7 Å². The van der Waals surface area contributed by atoms with Gasteiger partial charge in [-0.2, -0.15) is 0 Å². The van der Waals surface area contributed by atoms with Crippen molar-refractivity contribution in [1.29, 1.82) is 0 Å². The molecule has 154 valence electrons. The number of thiophene rings is 1. The van der Waals surface area contributed by atoms with Crippen LogP contribution in [0, 0.1) is 6.92 Å². The van der Waals surface area contributed by atoms with Gasteiger partial charge < -0.3 is 19.6 Å². The molecule has 2 heterocycles. The molecule has 1 aliphatic heterocycles. The smallest absolute Gasteiger partial charge is 0.295 e. The molecule has 3 rings (SSSR count). The Morgan fingerprint density at radius 2 is 2.03 bits per heavy atom. The van der Waals surface area contributed by atoms with E-state index < -0.39 is 17.7 Å². The van der Waals surface area contributed by atoms with Crippen LogP contribution in [-0.2, 0) is 9.59 Å². The first-order chi connectivity index (χ1) is 13.8. The number of hydrogen-bond acceptors (Lipinski definition) is 6. The minimum Gasteiger partial charge on any atom is -0.507 e. The average Bonchev–Trinajstić information content (AvgIpc) is 3.29. The van der Waals surface area contributed by atoms with E-state index in [1.165, 1.54) is 11.3 Å². The van der Waals surface area contributed by atoms with Crippen molar-refractivity contribution in [2.24, 2.45) is 0 Å². The van der Waals surface area contributed by atoms with Gasteiger partial charge in [-0.1, -0.05) is 6.07 Å². The molecule has 0 bridgehead atoms. The van der Waals surface area contributed by atoms with Gasteiger partial charge in [0, 0.05) is 23.5 Å². The number of hydrogen-bond donors (Lipinski definition) is 1. The number of ether oxygens (including phenoxy) is 1. The van der Waals surface area contributed by atoms with Crippen LogP contribution in [-0.4, -0.2) is 60.4 Å². The highest BCUT2D eigenvalue weighted by Crippen LogP contribution is 2.41. The summed E-state index contributed by atoms with van der Waals surface area (Å²) in [6.45, 7) is 5.36. The molecule has 7 heteroatoms. The number of likely N-dealkylation sites (tertiary alicyclic amines) is 1. The largest absolute Gasteiger partial charge is 0.507 e. The number of ketones is 1. The molecule has 0 spiro atoms. The van der Waals surface area contributed by atoms with Crippen molar-refractivity contribution < 1.29 is 19.4 Å². The van der Waals surface area contributed by atoms with Crippen LogP contribution in [0.1, 0.15) is 29.0 Å². The Bertz CT molecular complexity index is 934. The Hall–Kier alpha value is -2.64. The second-order valence-corrected chi connectivity index (χ2v) is 8.20. The topological polar surface area (TPSA) is 70.1 Å². The van der Waals surface area contributed by atoms with Crippen LogP contribution in [0.15, 0.2) is 41.3 Å². The van der Waals surface area contributed by atoms with E-state index in [0.717, 1.165) is 16.2 Å². The second-order valence-electron chi connectivity index (χ2n) is 7.22. The molecule has 2 aromatic rings. The van der Waals surface area contributed by atoms with Crippen LogP contribution < -0.4 is 4.74 Å². The van der Waals surface area contributed by atoms with Gasteiger partial charge in [-0.3, -0.25) is 9.59 Å². The van der Waals surface area contributed by atoms with Crippen LogP contribution in [0.4, 0.5) is 0 Å². The summed E-state index contributed by atoms with van der Waals surface area (Å²) in [4.78, 5) is 30.0. The summed E-state index contributed by atoms with van der Waals surface area (Å²) in [7, 11) is 3.83. The minimum absolute atomic E-state index is 0.139. The third-order valence-corrected chi connectivity index (χ3v) is 5.81. The number of rotatable bonds is 7. The number of nitrogens with zero attached hydrogens (tertiary/aromatic N) is 2. The molecule has 6 nitrogen and oxygen atoms in total. The van der Waals surface area contributed by atoms with Gasteiger partial charge in [-0.15, -0.1) is 11.3 Å². The third kappa shape index (κ3) is 4.21. The Kier molecular flexibility index (Phi) is 6.39. The van der Waals surface area contributed by atoms with Gasteiger partial charge in [0.05, 0.1) is 18.2 Å². The van der Waals surface area contributed by atoms with Crippen LogP contribution in [0.2, 0.25) is 0 Å². The Morgan fingerprint density at radius 3 is 2.62 bits per heavy atom. The van der Waals surface area contributed by atoms with Crippen LogP contribution in [0.3, 0.4) is 0 Å². The fraction of sp³-hybridized carbons (Fsp3) is 0.364. The molecule has 1 aliphatic rings. The van der Waals surface area contributed by atoms with Gasteiger partial charge in [-0.25, -0.2) is 0 Å². The van der Waals surface area contributed by atoms with Gasteiger partial charge in [0.15, 0.2) is 0 Å². The van der Waals surface area contributed by atoms with E-state index in [4.69, 9.17) is 4.74 Å². The maximum Gasteiger partial charge on any atom is 0.295 e. The zero-order chi connectivity index (χ0) is 21.1. The molecule has 0 aliphatic carbocycles. The molecule has 1 N–H and O–H groups in total. The van der Waals surface area contributed by atoms with E-state index in [1.807, 2.05) is 50.4 Å². The number of Topliss-reactive ketones (excluding diaryl/α,β-unsaturated/α-hetero) is 1. The highest BCUT2D eigenvalue weighted by atomic mass is 32.1. The molecule has 1 unspecified atom stereocenters. The first kappa shape index (κ1) is 21.1. The van der Waals surface area contributed by atoms with Crippen molar-refractivity contribution in [3.63, 3.8) is 0 Å². The van der Waals surface area contributed by atoms with Crippen molar-refractivity contribution in [2.75, 3.05) is 33.8 Å². The van der Waals surface area contributed by atoms with Crippen molar-refractivity contribution in [3.8, 4) is 5.75 Å². The number of carbonyl (C=O) groups is 2. The lowest BCUT2D eigenvalue weighted by molar-refractivity contribution is -0.140. The number of benzene rings is 1. The molecular formula is C22H26N2O4S. The lowest BCUT2D eigenvalue weighted by Gasteiger charge is -2.25. The quantitative estimate of drug-likeness (QED) is 0.427. The van der Waals surface area contributed by atoms with Crippen LogP contribution in [0.25, 0.3) is 5.76 Å². The maximum atomic E-state index is 12.9. The van der Waals surface area contributed by atoms with Gasteiger partial charge in [0.25, 0.3) is 11.7 Å². The number of aliphatic hydroxyl groups is 1. The normalized spacial score (nSPS) is 18.7. The summed E-state index contributed by atoms with van der Waals surface area (Å²) in [6.07, 6.45) is 0. The van der Waals surface area contributed by atoms with Crippen molar-refractivity contribution in [2.45, 2.75) is 19.9 Å². The standard InChI is InChI=1S/C22H26N2O4S/c1-5-28-16-9-8-15(13-14(16)2)20(25)18-19(17-7-6-12-29-17)24(11-10-23(3)4)22(27)21(18)26/h6-9,12-13,19,25H,5,10-11H2,1-4H3/b20-18-. The summed E-state index contributed by atoms with van der Waals surface area (Å²) in [6, 6.07) is 8.45. The van der Waals surface area contributed by atoms with Crippen molar-refractivity contribution in [3.05, 3.63) is 57.3 Å². The van der Waals surface area contributed by atoms with Crippen molar-refractivity contribution in [1.82, 2.24) is 9.80 Å².